The van der Waals surface area contributed by atoms with E-state index in [0.29, 0.717) is 12.3 Å². The van der Waals surface area contributed by atoms with Gasteiger partial charge in [-0.3, -0.25) is 9.59 Å². The number of nitrogens with one attached hydrogen (secondary N) is 1. The Balaban J connectivity index is 1.55. The quantitative estimate of drug-likeness (QED) is 0.872. The number of rotatable bonds is 5. The summed E-state index contributed by atoms with van der Waals surface area (Å²) in [4.78, 5) is 25.6. The Morgan fingerprint density at radius 3 is 2.37 bits per heavy atom. The summed E-state index contributed by atoms with van der Waals surface area (Å²) in [5, 5.41) is 2.98. The largest absolute Gasteiger partial charge is 0.496 e. The van der Waals surface area contributed by atoms with Crippen molar-refractivity contribution in [3.8, 4) is 16.9 Å². The van der Waals surface area contributed by atoms with Gasteiger partial charge < -0.3 is 15.0 Å². The van der Waals surface area contributed by atoms with Gasteiger partial charge in [-0.25, -0.2) is 0 Å². The average molecular weight is 366 g/mol. The number of anilines is 1. The molecule has 0 unspecified atom stereocenters. The fourth-order valence-corrected chi connectivity index (χ4v) is 3.54. The van der Waals surface area contributed by atoms with Crippen LogP contribution in [0.15, 0.2) is 48.5 Å². The summed E-state index contributed by atoms with van der Waals surface area (Å²) in [5.41, 5.74) is 2.86. The maximum Gasteiger partial charge on any atom is 0.224 e. The third-order valence-corrected chi connectivity index (χ3v) is 5.12. The smallest absolute Gasteiger partial charge is 0.224 e. The molecule has 142 valence electrons. The van der Waals surface area contributed by atoms with Gasteiger partial charge in [-0.2, -0.15) is 0 Å². The van der Waals surface area contributed by atoms with Gasteiger partial charge in [0.2, 0.25) is 11.8 Å². The Morgan fingerprint density at radius 1 is 1.07 bits per heavy atom. The first kappa shape index (κ1) is 19.0. The molecule has 1 N–H and O–H groups in total. The van der Waals surface area contributed by atoms with Crippen LogP contribution in [0.4, 0.5) is 5.69 Å². The van der Waals surface area contributed by atoms with Crippen LogP contribution in [0.25, 0.3) is 11.1 Å². The van der Waals surface area contributed by atoms with Crippen LogP contribution in [-0.4, -0.2) is 36.9 Å². The van der Waals surface area contributed by atoms with Gasteiger partial charge in [0.15, 0.2) is 0 Å². The fraction of sp³-hybridized carbons (Fsp3) is 0.364. The van der Waals surface area contributed by atoms with Crippen molar-refractivity contribution >= 4 is 17.5 Å². The zero-order chi connectivity index (χ0) is 19.2. The molecule has 2 amide bonds. The normalized spacial score (nSPS) is 14.7. The highest BCUT2D eigenvalue weighted by Crippen LogP contribution is 2.30. The van der Waals surface area contributed by atoms with Gasteiger partial charge in [0.05, 0.1) is 7.11 Å². The number of hydrogen-bond donors (Lipinski definition) is 1. The molecule has 1 saturated heterocycles. The highest BCUT2D eigenvalue weighted by Gasteiger charge is 2.22. The summed E-state index contributed by atoms with van der Waals surface area (Å²) in [6.07, 6.45) is 2.28. The molecule has 5 heteroatoms. The first-order valence-corrected chi connectivity index (χ1v) is 9.35. The van der Waals surface area contributed by atoms with E-state index >= 15 is 0 Å². The molecule has 0 spiro atoms. The molecule has 1 aliphatic heterocycles. The highest BCUT2D eigenvalue weighted by atomic mass is 16.5. The van der Waals surface area contributed by atoms with Crippen LogP contribution >= 0.6 is 0 Å². The zero-order valence-corrected chi connectivity index (χ0v) is 15.9. The number of para-hydroxylation sites is 1. The minimum Gasteiger partial charge on any atom is -0.496 e. The van der Waals surface area contributed by atoms with E-state index in [0.717, 1.165) is 48.5 Å². The number of benzene rings is 2. The lowest BCUT2D eigenvalue weighted by molar-refractivity contribution is -0.130. The third kappa shape index (κ3) is 4.88. The van der Waals surface area contributed by atoms with Crippen LogP contribution in [0.5, 0.6) is 5.75 Å². The minimum absolute atomic E-state index is 0.0290. The molecule has 1 aliphatic rings. The highest BCUT2D eigenvalue weighted by molar-refractivity contribution is 5.91. The minimum atomic E-state index is 0.0290. The second-order valence-electron chi connectivity index (χ2n) is 6.98. The van der Waals surface area contributed by atoms with E-state index in [9.17, 15) is 9.59 Å². The topological polar surface area (TPSA) is 58.6 Å². The molecule has 0 aromatic heterocycles. The van der Waals surface area contributed by atoms with Crippen LogP contribution in [0, 0.1) is 5.92 Å². The summed E-state index contributed by atoms with van der Waals surface area (Å²) in [6, 6.07) is 15.7. The number of carbonyl (C=O) groups is 2. The van der Waals surface area contributed by atoms with Crippen molar-refractivity contribution in [3.63, 3.8) is 0 Å². The van der Waals surface area contributed by atoms with Crippen molar-refractivity contribution in [1.29, 1.82) is 0 Å². The van der Waals surface area contributed by atoms with Gasteiger partial charge in [-0.1, -0.05) is 30.3 Å². The molecule has 0 aliphatic carbocycles. The molecule has 3 rings (SSSR count). The molecule has 2 aromatic carbocycles. The second-order valence-corrected chi connectivity index (χ2v) is 6.98. The summed E-state index contributed by atoms with van der Waals surface area (Å²) in [6.45, 7) is 3.10. The summed E-state index contributed by atoms with van der Waals surface area (Å²) < 4.78 is 5.41. The Morgan fingerprint density at radius 2 is 1.74 bits per heavy atom. The van der Waals surface area contributed by atoms with Crippen molar-refractivity contribution in [2.24, 2.45) is 5.92 Å². The number of hydrogen-bond acceptors (Lipinski definition) is 3. The van der Waals surface area contributed by atoms with E-state index in [1.54, 1.807) is 14.0 Å². The van der Waals surface area contributed by atoms with Crippen molar-refractivity contribution < 1.29 is 14.3 Å². The Labute approximate surface area is 160 Å². The molecule has 1 heterocycles. The van der Waals surface area contributed by atoms with Crippen molar-refractivity contribution in [3.05, 3.63) is 48.5 Å². The van der Waals surface area contributed by atoms with E-state index < -0.39 is 0 Å². The molecule has 27 heavy (non-hydrogen) atoms. The summed E-state index contributed by atoms with van der Waals surface area (Å²) in [5.74, 6) is 1.31. The number of carbonyl (C=O) groups excluding carboxylic acids is 2. The molecule has 0 bridgehead atoms. The Bertz CT molecular complexity index is 793. The predicted octanol–water partition coefficient (Wildman–Crippen LogP) is 3.95. The molecule has 1 fully saturated rings. The van der Waals surface area contributed by atoms with Gasteiger partial charge in [0.1, 0.15) is 5.75 Å². The van der Waals surface area contributed by atoms with Crippen LogP contribution in [0.2, 0.25) is 0 Å². The Kier molecular flexibility index (Phi) is 6.12. The van der Waals surface area contributed by atoms with E-state index in [-0.39, 0.29) is 11.8 Å². The van der Waals surface area contributed by atoms with E-state index in [1.807, 2.05) is 53.4 Å². The maximum absolute atomic E-state index is 12.3. The lowest BCUT2D eigenvalue weighted by Gasteiger charge is -2.30. The summed E-state index contributed by atoms with van der Waals surface area (Å²) >= 11 is 0. The molecule has 2 aromatic rings. The predicted molar refractivity (Wildman–Crippen MR) is 107 cm³/mol. The van der Waals surface area contributed by atoms with Crippen LogP contribution in [0.1, 0.15) is 26.2 Å². The molecular formula is C22H26N2O3. The average Bonchev–Trinajstić information content (AvgIpc) is 2.69. The second kappa shape index (κ2) is 8.71. The number of nitrogens with zero attached hydrogens (tertiary/aromatic N) is 1. The number of likely N-dealkylation sites (tertiary alicyclic amines) is 1. The first-order chi connectivity index (χ1) is 13.1. The molecule has 0 radical (unpaired) electrons. The van der Waals surface area contributed by atoms with Crippen LogP contribution < -0.4 is 10.1 Å². The first-order valence-electron chi connectivity index (χ1n) is 9.35. The lowest BCUT2D eigenvalue weighted by atomic mass is 9.93. The molecule has 5 nitrogen and oxygen atoms in total. The number of amides is 2. The van der Waals surface area contributed by atoms with Gasteiger partial charge in [0.25, 0.3) is 0 Å². The van der Waals surface area contributed by atoms with E-state index in [2.05, 4.69) is 5.32 Å². The van der Waals surface area contributed by atoms with Crippen molar-refractivity contribution in [2.75, 3.05) is 25.5 Å². The number of piperidine rings is 1. The van der Waals surface area contributed by atoms with Gasteiger partial charge in [0, 0.05) is 37.7 Å². The molecule has 0 saturated carbocycles. The van der Waals surface area contributed by atoms with Crippen LogP contribution in [-0.2, 0) is 9.59 Å². The van der Waals surface area contributed by atoms with Gasteiger partial charge in [-0.15, -0.1) is 0 Å². The standard InChI is InChI=1S/C22H26N2O3/c1-16(25)24-13-11-17(12-14-24)15-22(26)23-19-9-7-18(8-10-19)20-5-3-4-6-21(20)27-2/h3-10,17H,11-15H2,1-2H3,(H,23,26). The zero-order valence-electron chi connectivity index (χ0n) is 15.9. The maximum atomic E-state index is 12.3. The number of ether oxygens (including phenoxy) is 1. The SMILES string of the molecule is COc1ccccc1-c1ccc(NC(=O)CC2CCN(C(C)=O)CC2)cc1. The summed E-state index contributed by atoms with van der Waals surface area (Å²) in [7, 11) is 1.66. The monoisotopic (exact) mass is 366 g/mol. The molecular weight excluding hydrogens is 340 g/mol. The molecule has 0 atom stereocenters. The third-order valence-electron chi connectivity index (χ3n) is 5.12. The lowest BCUT2D eigenvalue weighted by Crippen LogP contribution is -2.37. The Hall–Kier alpha value is -2.82. The van der Waals surface area contributed by atoms with Crippen molar-refractivity contribution in [2.45, 2.75) is 26.2 Å². The van der Waals surface area contributed by atoms with Gasteiger partial charge >= 0.3 is 0 Å². The number of methoxy groups -OCH3 is 1. The van der Waals surface area contributed by atoms with Gasteiger partial charge in [-0.05, 0) is 42.5 Å². The fourth-order valence-electron chi connectivity index (χ4n) is 3.54. The van der Waals surface area contributed by atoms with Crippen LogP contribution in [0.3, 0.4) is 0 Å². The van der Waals surface area contributed by atoms with Crippen molar-refractivity contribution in [1.82, 2.24) is 4.90 Å². The van der Waals surface area contributed by atoms with E-state index in [1.165, 1.54) is 0 Å². The van der Waals surface area contributed by atoms with E-state index in [4.69, 9.17) is 4.74 Å².